The second kappa shape index (κ2) is 6.41. The van der Waals surface area contributed by atoms with Gasteiger partial charge in [0.2, 0.25) is 0 Å². The van der Waals surface area contributed by atoms with E-state index in [1.54, 1.807) is 0 Å². The van der Waals surface area contributed by atoms with Crippen molar-refractivity contribution in [3.63, 3.8) is 0 Å². The van der Waals surface area contributed by atoms with Crippen LogP contribution in [0.4, 0.5) is 0 Å². The van der Waals surface area contributed by atoms with Crippen molar-refractivity contribution >= 4 is 11.8 Å². The third-order valence-corrected chi connectivity index (χ3v) is 4.70. The fourth-order valence-electron chi connectivity index (χ4n) is 2.23. The fourth-order valence-corrected chi connectivity index (χ4v) is 3.40. The minimum Gasteiger partial charge on any atom is -0.327 e. The van der Waals surface area contributed by atoms with E-state index in [2.05, 4.69) is 24.0 Å². The third kappa shape index (κ3) is 4.00. The van der Waals surface area contributed by atoms with Gasteiger partial charge in [0.25, 0.3) is 0 Å². The average Bonchev–Trinajstić information content (AvgIpc) is 2.84. The van der Waals surface area contributed by atoms with Gasteiger partial charge in [-0.25, -0.2) is 4.98 Å². The standard InChI is InChI=1S/C14H22N2S/c1-2-12(15)9-11-7-8-14(16-10-11)17-13-5-3-4-6-13/h7-8,10,12-13H,2-6,9,15H2,1H3. The highest BCUT2D eigenvalue weighted by Crippen LogP contribution is 2.33. The van der Waals surface area contributed by atoms with Crippen LogP contribution in [0.3, 0.4) is 0 Å². The summed E-state index contributed by atoms with van der Waals surface area (Å²) in [6.07, 6.45) is 9.45. The highest BCUT2D eigenvalue weighted by molar-refractivity contribution is 7.99. The zero-order valence-corrected chi connectivity index (χ0v) is 11.4. The van der Waals surface area contributed by atoms with E-state index in [1.165, 1.54) is 36.3 Å². The SMILES string of the molecule is CCC(N)Cc1ccc(SC2CCCC2)nc1. The van der Waals surface area contributed by atoms with Crippen LogP contribution in [0, 0.1) is 0 Å². The molecule has 0 aliphatic heterocycles. The number of nitrogens with two attached hydrogens (primary N) is 1. The molecule has 1 fully saturated rings. The Morgan fingerprint density at radius 1 is 1.41 bits per heavy atom. The van der Waals surface area contributed by atoms with Gasteiger partial charge in [-0.3, -0.25) is 0 Å². The predicted octanol–water partition coefficient (Wildman–Crippen LogP) is 3.40. The summed E-state index contributed by atoms with van der Waals surface area (Å²) in [6.45, 7) is 2.13. The molecule has 0 radical (unpaired) electrons. The predicted molar refractivity (Wildman–Crippen MR) is 74.3 cm³/mol. The minimum absolute atomic E-state index is 0.269. The molecule has 1 saturated carbocycles. The summed E-state index contributed by atoms with van der Waals surface area (Å²) in [6, 6.07) is 4.60. The molecule has 94 valence electrons. The first-order valence-corrected chi connectivity index (χ1v) is 7.53. The molecule has 1 aliphatic carbocycles. The van der Waals surface area contributed by atoms with Crippen molar-refractivity contribution < 1.29 is 0 Å². The molecule has 1 aromatic heterocycles. The summed E-state index contributed by atoms with van der Waals surface area (Å²) in [5.41, 5.74) is 7.20. The lowest BCUT2D eigenvalue weighted by molar-refractivity contribution is 0.644. The molecule has 2 N–H and O–H groups in total. The maximum absolute atomic E-state index is 5.94. The molecule has 1 atom stereocenters. The molecule has 0 spiro atoms. The summed E-state index contributed by atoms with van der Waals surface area (Å²) in [4.78, 5) is 4.54. The van der Waals surface area contributed by atoms with Crippen molar-refractivity contribution in [3.05, 3.63) is 23.9 Å². The summed E-state index contributed by atoms with van der Waals surface area (Å²) >= 11 is 1.94. The van der Waals surface area contributed by atoms with Crippen LogP contribution in [0.15, 0.2) is 23.4 Å². The zero-order chi connectivity index (χ0) is 12.1. The van der Waals surface area contributed by atoms with Crippen molar-refractivity contribution in [1.82, 2.24) is 4.98 Å². The van der Waals surface area contributed by atoms with Gasteiger partial charge in [-0.15, -0.1) is 11.8 Å². The van der Waals surface area contributed by atoms with Crippen LogP contribution in [-0.4, -0.2) is 16.3 Å². The molecule has 1 heterocycles. The summed E-state index contributed by atoms with van der Waals surface area (Å²) < 4.78 is 0. The van der Waals surface area contributed by atoms with Crippen LogP contribution in [0.2, 0.25) is 0 Å². The Balaban J connectivity index is 1.88. The Labute approximate surface area is 108 Å². The van der Waals surface area contributed by atoms with Crippen LogP contribution >= 0.6 is 11.8 Å². The van der Waals surface area contributed by atoms with Crippen molar-refractivity contribution in [1.29, 1.82) is 0 Å². The Morgan fingerprint density at radius 2 is 2.18 bits per heavy atom. The number of hydrogen-bond acceptors (Lipinski definition) is 3. The average molecular weight is 250 g/mol. The molecule has 3 heteroatoms. The van der Waals surface area contributed by atoms with E-state index < -0.39 is 0 Å². The quantitative estimate of drug-likeness (QED) is 0.870. The molecule has 0 aromatic carbocycles. The highest BCUT2D eigenvalue weighted by atomic mass is 32.2. The highest BCUT2D eigenvalue weighted by Gasteiger charge is 2.16. The first-order valence-electron chi connectivity index (χ1n) is 6.65. The minimum atomic E-state index is 0.269. The van der Waals surface area contributed by atoms with Gasteiger partial charge in [0, 0.05) is 17.5 Å². The van der Waals surface area contributed by atoms with E-state index in [4.69, 9.17) is 5.73 Å². The summed E-state index contributed by atoms with van der Waals surface area (Å²) in [7, 11) is 0. The Morgan fingerprint density at radius 3 is 2.76 bits per heavy atom. The van der Waals surface area contributed by atoms with Gasteiger partial charge in [-0.1, -0.05) is 25.8 Å². The Hall–Kier alpha value is -0.540. The van der Waals surface area contributed by atoms with Gasteiger partial charge in [0.1, 0.15) is 0 Å². The topological polar surface area (TPSA) is 38.9 Å². The van der Waals surface area contributed by atoms with Crippen molar-refractivity contribution in [3.8, 4) is 0 Å². The molecule has 0 saturated heterocycles. The van der Waals surface area contributed by atoms with E-state index in [9.17, 15) is 0 Å². The zero-order valence-electron chi connectivity index (χ0n) is 10.6. The molecule has 17 heavy (non-hydrogen) atoms. The number of pyridine rings is 1. The van der Waals surface area contributed by atoms with E-state index in [-0.39, 0.29) is 6.04 Å². The van der Waals surface area contributed by atoms with Crippen molar-refractivity contribution in [2.45, 2.75) is 61.8 Å². The third-order valence-electron chi connectivity index (χ3n) is 3.41. The van der Waals surface area contributed by atoms with E-state index in [0.717, 1.165) is 18.1 Å². The van der Waals surface area contributed by atoms with E-state index in [0.29, 0.717) is 0 Å². The number of nitrogens with zero attached hydrogens (tertiary/aromatic N) is 1. The van der Waals surface area contributed by atoms with Gasteiger partial charge < -0.3 is 5.73 Å². The van der Waals surface area contributed by atoms with Crippen LogP contribution < -0.4 is 5.73 Å². The molecular weight excluding hydrogens is 228 g/mol. The normalized spacial score (nSPS) is 18.5. The van der Waals surface area contributed by atoms with Gasteiger partial charge in [0.05, 0.1) is 5.03 Å². The Bertz CT molecular complexity index is 331. The van der Waals surface area contributed by atoms with Crippen LogP contribution in [0.1, 0.15) is 44.6 Å². The van der Waals surface area contributed by atoms with Crippen LogP contribution in [0.25, 0.3) is 0 Å². The maximum atomic E-state index is 5.94. The molecule has 2 nitrogen and oxygen atoms in total. The second-order valence-electron chi connectivity index (χ2n) is 4.90. The summed E-state index contributed by atoms with van der Waals surface area (Å²) in [5.74, 6) is 0. The van der Waals surface area contributed by atoms with Crippen molar-refractivity contribution in [2.75, 3.05) is 0 Å². The molecule has 2 rings (SSSR count). The van der Waals surface area contributed by atoms with E-state index in [1.807, 2.05) is 18.0 Å². The number of thioether (sulfide) groups is 1. The van der Waals surface area contributed by atoms with Gasteiger partial charge in [-0.05, 0) is 37.3 Å². The smallest absolute Gasteiger partial charge is 0.0962 e. The van der Waals surface area contributed by atoms with Gasteiger partial charge >= 0.3 is 0 Å². The lowest BCUT2D eigenvalue weighted by Gasteiger charge is -2.10. The van der Waals surface area contributed by atoms with Crippen LogP contribution in [0.5, 0.6) is 0 Å². The van der Waals surface area contributed by atoms with Crippen LogP contribution in [-0.2, 0) is 6.42 Å². The molecular formula is C14H22N2S. The first kappa shape index (κ1) is 12.9. The second-order valence-corrected chi connectivity index (χ2v) is 6.22. The van der Waals surface area contributed by atoms with E-state index >= 15 is 0 Å². The summed E-state index contributed by atoms with van der Waals surface area (Å²) in [5, 5.41) is 1.97. The molecule has 1 aliphatic rings. The number of rotatable bonds is 5. The largest absolute Gasteiger partial charge is 0.327 e. The number of hydrogen-bond donors (Lipinski definition) is 1. The maximum Gasteiger partial charge on any atom is 0.0962 e. The lowest BCUT2D eigenvalue weighted by atomic mass is 10.1. The fraction of sp³-hybridized carbons (Fsp3) is 0.643. The lowest BCUT2D eigenvalue weighted by Crippen LogP contribution is -2.21. The molecule has 0 bridgehead atoms. The Kier molecular flexibility index (Phi) is 4.86. The number of aromatic nitrogens is 1. The first-order chi connectivity index (χ1) is 8.28. The molecule has 1 unspecified atom stereocenters. The molecule has 1 aromatic rings. The van der Waals surface area contributed by atoms with Crippen molar-refractivity contribution in [2.24, 2.45) is 5.73 Å². The van der Waals surface area contributed by atoms with Gasteiger partial charge in [0.15, 0.2) is 0 Å². The monoisotopic (exact) mass is 250 g/mol. The molecule has 0 amide bonds. The van der Waals surface area contributed by atoms with Gasteiger partial charge in [-0.2, -0.15) is 0 Å².